The van der Waals surface area contributed by atoms with Crippen LogP contribution < -0.4 is 16.0 Å². The molecule has 0 unspecified atom stereocenters. The molecule has 1 aromatic carbocycles. The van der Waals surface area contributed by atoms with Crippen molar-refractivity contribution >= 4 is 17.4 Å². The van der Waals surface area contributed by atoms with E-state index in [0.717, 1.165) is 74.5 Å². The van der Waals surface area contributed by atoms with E-state index in [0.29, 0.717) is 24.8 Å². The van der Waals surface area contributed by atoms with Gasteiger partial charge in [0, 0.05) is 62.3 Å². The lowest BCUT2D eigenvalue weighted by Crippen LogP contribution is -2.43. The summed E-state index contributed by atoms with van der Waals surface area (Å²) in [7, 11) is 0. The third-order valence-corrected chi connectivity index (χ3v) is 7.39. The van der Waals surface area contributed by atoms with E-state index in [-0.39, 0.29) is 5.91 Å². The first-order valence-corrected chi connectivity index (χ1v) is 13.0. The zero-order valence-corrected chi connectivity index (χ0v) is 21.0. The molecular weight excluding hydrogens is 450 g/mol. The van der Waals surface area contributed by atoms with Crippen LogP contribution >= 0.6 is 0 Å². The van der Waals surface area contributed by atoms with Crippen LogP contribution in [0.25, 0.3) is 0 Å². The summed E-state index contributed by atoms with van der Waals surface area (Å²) >= 11 is 0. The minimum atomic E-state index is -0.0453. The largest absolute Gasteiger partial charge is 0.399 e. The number of anilines is 2. The smallest absolute Gasteiger partial charge is 0.272 e. The molecule has 188 valence electrons. The van der Waals surface area contributed by atoms with Gasteiger partial charge in [0.05, 0.1) is 0 Å². The van der Waals surface area contributed by atoms with E-state index in [9.17, 15) is 4.79 Å². The molecule has 4 heterocycles. The Morgan fingerprint density at radius 1 is 1.11 bits per heavy atom. The maximum Gasteiger partial charge on any atom is 0.272 e. The van der Waals surface area contributed by atoms with Gasteiger partial charge in [0.25, 0.3) is 5.91 Å². The van der Waals surface area contributed by atoms with Crippen molar-refractivity contribution in [2.45, 2.75) is 51.6 Å². The van der Waals surface area contributed by atoms with Crippen LogP contribution in [0.15, 0.2) is 48.9 Å². The van der Waals surface area contributed by atoms with E-state index in [1.807, 2.05) is 35.4 Å². The lowest BCUT2D eigenvalue weighted by atomic mass is 10.0. The van der Waals surface area contributed by atoms with Gasteiger partial charge < -0.3 is 20.9 Å². The summed E-state index contributed by atoms with van der Waals surface area (Å²) in [5, 5.41) is 3.71. The number of carbonyl (C=O) groups is 1. The quantitative estimate of drug-likeness (QED) is 0.496. The second-order valence-electron chi connectivity index (χ2n) is 9.70. The van der Waals surface area contributed by atoms with Crippen molar-refractivity contribution in [3.8, 4) is 0 Å². The fourth-order valence-electron chi connectivity index (χ4n) is 5.16. The zero-order valence-electron chi connectivity index (χ0n) is 21.0. The highest BCUT2D eigenvalue weighted by atomic mass is 16.2. The Kier molecular flexibility index (Phi) is 7.41. The first-order chi connectivity index (χ1) is 17.6. The van der Waals surface area contributed by atoms with Crippen LogP contribution in [-0.4, -0.2) is 58.0 Å². The normalized spacial score (nSPS) is 16.1. The van der Waals surface area contributed by atoms with Gasteiger partial charge in [-0.3, -0.25) is 9.78 Å². The number of hydrogen-bond acceptors (Lipinski definition) is 7. The number of aryl methyl sites for hydroxylation is 1. The predicted octanol–water partition coefficient (Wildman–Crippen LogP) is 3.02. The van der Waals surface area contributed by atoms with Crippen LogP contribution in [0.2, 0.25) is 0 Å². The molecule has 0 spiro atoms. The summed E-state index contributed by atoms with van der Waals surface area (Å²) < 4.78 is 0. The van der Waals surface area contributed by atoms with E-state index in [4.69, 9.17) is 5.73 Å². The lowest BCUT2D eigenvalue weighted by molar-refractivity contribution is 0.0727. The van der Waals surface area contributed by atoms with Gasteiger partial charge in [0.2, 0.25) is 0 Å². The predicted molar refractivity (Wildman–Crippen MR) is 142 cm³/mol. The molecule has 3 N–H and O–H groups in total. The second-order valence-corrected chi connectivity index (χ2v) is 9.70. The number of carbonyl (C=O) groups excluding carboxylic acids is 1. The highest BCUT2D eigenvalue weighted by molar-refractivity contribution is 5.93. The number of nitrogens with two attached hydrogens (primary N) is 1. The standard InChI is InChI=1S/C28H35N7O/c1-2-20-5-6-24(29)21(16-20)7-12-30-23-8-13-34(14-9-23)27-17-26(32-19-33-27)28(36)35-15-10-25-22(18-35)4-3-11-31-25/h3-6,11,16-17,19,23,30H,2,7-10,12-15,18,29H2,1H3. The number of amides is 1. The Morgan fingerprint density at radius 2 is 1.97 bits per heavy atom. The fourth-order valence-corrected chi connectivity index (χ4v) is 5.16. The molecule has 0 atom stereocenters. The number of rotatable bonds is 7. The van der Waals surface area contributed by atoms with E-state index < -0.39 is 0 Å². The van der Waals surface area contributed by atoms with Gasteiger partial charge in [0.1, 0.15) is 17.8 Å². The van der Waals surface area contributed by atoms with Crippen LogP contribution in [0.5, 0.6) is 0 Å². The Bertz CT molecular complexity index is 1210. The molecular formula is C28H35N7O. The minimum Gasteiger partial charge on any atom is -0.399 e. The molecule has 8 heteroatoms. The Hall–Kier alpha value is -3.52. The molecule has 1 fully saturated rings. The van der Waals surface area contributed by atoms with Gasteiger partial charge in [-0.25, -0.2) is 9.97 Å². The number of nitrogens with one attached hydrogen (secondary N) is 1. The number of nitrogens with zero attached hydrogens (tertiary/aromatic N) is 5. The van der Waals surface area contributed by atoms with Gasteiger partial charge in [-0.1, -0.05) is 25.1 Å². The summed E-state index contributed by atoms with van der Waals surface area (Å²) in [5.74, 6) is 0.783. The molecule has 36 heavy (non-hydrogen) atoms. The van der Waals surface area contributed by atoms with Crippen LogP contribution in [0.1, 0.15) is 52.6 Å². The molecule has 0 aliphatic carbocycles. The summed E-state index contributed by atoms with van der Waals surface area (Å²) in [6.07, 6.45) is 8.14. The first-order valence-electron chi connectivity index (χ1n) is 13.0. The average Bonchev–Trinajstić information content (AvgIpc) is 2.94. The Morgan fingerprint density at radius 3 is 2.81 bits per heavy atom. The van der Waals surface area contributed by atoms with Crippen LogP contribution in [0, 0.1) is 0 Å². The van der Waals surface area contributed by atoms with Gasteiger partial charge in [-0.15, -0.1) is 0 Å². The molecule has 0 bridgehead atoms. The third kappa shape index (κ3) is 5.49. The third-order valence-electron chi connectivity index (χ3n) is 7.39. The number of pyridine rings is 1. The molecule has 1 saturated heterocycles. The summed E-state index contributed by atoms with van der Waals surface area (Å²) in [5.41, 5.74) is 12.3. The number of nitrogen functional groups attached to an aromatic ring is 1. The number of piperidine rings is 1. The molecule has 2 aliphatic heterocycles. The minimum absolute atomic E-state index is 0.0453. The van der Waals surface area contributed by atoms with Gasteiger partial charge in [-0.2, -0.15) is 0 Å². The molecule has 2 aliphatic rings. The molecule has 2 aromatic heterocycles. The Balaban J connectivity index is 1.13. The average molecular weight is 486 g/mol. The summed E-state index contributed by atoms with van der Waals surface area (Å²) in [6.45, 7) is 6.13. The molecule has 1 amide bonds. The van der Waals surface area contributed by atoms with E-state index in [1.165, 1.54) is 17.5 Å². The van der Waals surface area contributed by atoms with Crippen LogP contribution in [-0.2, 0) is 25.8 Å². The van der Waals surface area contributed by atoms with Crippen molar-refractivity contribution in [2.24, 2.45) is 0 Å². The molecule has 8 nitrogen and oxygen atoms in total. The molecule has 0 radical (unpaired) electrons. The summed E-state index contributed by atoms with van der Waals surface area (Å²) in [4.78, 5) is 30.5. The monoisotopic (exact) mass is 485 g/mol. The number of benzene rings is 1. The first kappa shape index (κ1) is 24.2. The fraction of sp³-hybridized carbons (Fsp3) is 0.429. The lowest BCUT2D eigenvalue weighted by Gasteiger charge is -2.33. The number of hydrogen-bond donors (Lipinski definition) is 2. The molecule has 3 aromatic rings. The van der Waals surface area contributed by atoms with Crippen LogP contribution in [0.3, 0.4) is 0 Å². The SMILES string of the molecule is CCc1ccc(N)c(CCNC2CCN(c3cc(C(=O)N4CCc5ncccc5C4)ncn3)CC2)c1. The summed E-state index contributed by atoms with van der Waals surface area (Å²) in [6, 6.07) is 12.6. The number of fused-ring (bicyclic) bond motifs is 1. The highest BCUT2D eigenvalue weighted by Gasteiger charge is 2.25. The van der Waals surface area contributed by atoms with E-state index in [2.05, 4.69) is 44.2 Å². The Labute approximate surface area is 213 Å². The molecule has 0 saturated carbocycles. The maximum absolute atomic E-state index is 13.2. The van der Waals surface area contributed by atoms with Crippen molar-refractivity contribution < 1.29 is 4.79 Å². The topological polar surface area (TPSA) is 100 Å². The van der Waals surface area contributed by atoms with E-state index in [1.54, 1.807) is 0 Å². The van der Waals surface area contributed by atoms with Crippen molar-refractivity contribution in [1.29, 1.82) is 0 Å². The van der Waals surface area contributed by atoms with Gasteiger partial charge >= 0.3 is 0 Å². The highest BCUT2D eigenvalue weighted by Crippen LogP contribution is 2.22. The molecule has 5 rings (SSSR count). The van der Waals surface area contributed by atoms with Crippen molar-refractivity contribution in [1.82, 2.24) is 25.2 Å². The maximum atomic E-state index is 13.2. The zero-order chi connectivity index (χ0) is 24.9. The number of aromatic nitrogens is 3. The van der Waals surface area contributed by atoms with Crippen molar-refractivity contribution in [3.05, 3.63) is 77.0 Å². The van der Waals surface area contributed by atoms with Crippen molar-refractivity contribution in [3.63, 3.8) is 0 Å². The van der Waals surface area contributed by atoms with E-state index >= 15 is 0 Å². The van der Waals surface area contributed by atoms with Crippen molar-refractivity contribution in [2.75, 3.05) is 36.8 Å². The van der Waals surface area contributed by atoms with Gasteiger partial charge in [-0.05, 0) is 61.1 Å². The van der Waals surface area contributed by atoms with Crippen LogP contribution in [0.4, 0.5) is 11.5 Å². The van der Waals surface area contributed by atoms with Gasteiger partial charge in [0.15, 0.2) is 0 Å². The second kappa shape index (κ2) is 11.0.